The molecule has 0 aromatic carbocycles. The number of hydrogen-bond acceptors (Lipinski definition) is 4. The highest BCUT2D eigenvalue weighted by molar-refractivity contribution is 5.23. The van der Waals surface area contributed by atoms with E-state index in [0.717, 1.165) is 39.3 Å². The van der Waals surface area contributed by atoms with E-state index in [0.29, 0.717) is 6.04 Å². The summed E-state index contributed by atoms with van der Waals surface area (Å²) in [6.45, 7) is 6.25. The quantitative estimate of drug-likeness (QED) is 0.825. The minimum Gasteiger partial charge on any atom is -0.469 e. The number of rotatable bonds is 5. The Kier molecular flexibility index (Phi) is 4.53. The summed E-state index contributed by atoms with van der Waals surface area (Å²) in [6, 6.07) is 2.64. The molecule has 1 aromatic heterocycles. The second-order valence-corrected chi connectivity index (χ2v) is 5.51. The number of fused-ring (bicyclic) bond motifs is 1. The van der Waals surface area contributed by atoms with E-state index in [1.54, 1.807) is 0 Å². The Morgan fingerprint density at radius 2 is 2.21 bits per heavy atom. The second-order valence-electron chi connectivity index (χ2n) is 5.51. The van der Waals surface area contributed by atoms with Gasteiger partial charge < -0.3 is 14.5 Å². The molecule has 1 N–H and O–H groups in total. The third-order valence-electron chi connectivity index (χ3n) is 4.20. The van der Waals surface area contributed by atoms with Crippen LogP contribution in [0.1, 0.15) is 36.6 Å². The molecule has 0 radical (unpaired) electrons. The molecule has 0 saturated carbocycles. The van der Waals surface area contributed by atoms with Crippen LogP contribution >= 0.6 is 0 Å². The van der Waals surface area contributed by atoms with Crippen molar-refractivity contribution in [3.8, 4) is 0 Å². The molecule has 1 aliphatic heterocycles. The molecule has 1 fully saturated rings. The molecule has 3 rings (SSSR count). The maximum atomic E-state index is 5.53. The zero-order valence-electron chi connectivity index (χ0n) is 11.6. The predicted molar refractivity (Wildman–Crippen MR) is 74.3 cm³/mol. The summed E-state index contributed by atoms with van der Waals surface area (Å²) in [5, 5.41) is 3.69. The number of furan rings is 1. The van der Waals surface area contributed by atoms with Crippen LogP contribution in [0, 0.1) is 0 Å². The van der Waals surface area contributed by atoms with Gasteiger partial charge in [-0.2, -0.15) is 0 Å². The Balaban J connectivity index is 1.39. The fraction of sp³-hybridized carbons (Fsp3) is 0.733. The number of morpholine rings is 1. The van der Waals surface area contributed by atoms with E-state index in [2.05, 4.69) is 16.3 Å². The largest absolute Gasteiger partial charge is 0.469 e. The van der Waals surface area contributed by atoms with E-state index in [1.165, 1.54) is 37.1 Å². The van der Waals surface area contributed by atoms with Crippen molar-refractivity contribution < 1.29 is 9.15 Å². The Bertz CT molecular complexity index is 385. The lowest BCUT2D eigenvalue weighted by Crippen LogP contribution is -2.38. The number of nitrogens with one attached hydrogen (secondary N) is 1. The molecule has 1 aromatic rings. The first-order valence-electron chi connectivity index (χ1n) is 7.53. The number of aryl methyl sites for hydroxylation is 1. The van der Waals surface area contributed by atoms with Crippen molar-refractivity contribution in [2.24, 2.45) is 0 Å². The maximum Gasteiger partial charge on any atom is 0.108 e. The second kappa shape index (κ2) is 6.55. The highest BCUT2D eigenvalue weighted by Crippen LogP contribution is 2.30. The van der Waals surface area contributed by atoms with Gasteiger partial charge in [-0.25, -0.2) is 0 Å². The van der Waals surface area contributed by atoms with Crippen molar-refractivity contribution in [2.75, 3.05) is 39.4 Å². The molecular weight excluding hydrogens is 240 g/mol. The van der Waals surface area contributed by atoms with Crippen molar-refractivity contribution in [3.63, 3.8) is 0 Å². The van der Waals surface area contributed by atoms with Gasteiger partial charge in [0.25, 0.3) is 0 Å². The topological polar surface area (TPSA) is 37.6 Å². The monoisotopic (exact) mass is 264 g/mol. The van der Waals surface area contributed by atoms with E-state index < -0.39 is 0 Å². The van der Waals surface area contributed by atoms with E-state index in [4.69, 9.17) is 9.15 Å². The lowest BCUT2D eigenvalue weighted by Gasteiger charge is -2.27. The van der Waals surface area contributed by atoms with Gasteiger partial charge in [0.15, 0.2) is 0 Å². The van der Waals surface area contributed by atoms with Gasteiger partial charge in [-0.05, 0) is 38.4 Å². The minimum absolute atomic E-state index is 0.507. The lowest BCUT2D eigenvalue weighted by molar-refractivity contribution is 0.0373. The molecule has 1 aliphatic carbocycles. The molecule has 106 valence electrons. The third-order valence-corrected chi connectivity index (χ3v) is 4.20. The smallest absolute Gasteiger partial charge is 0.108 e. The standard InChI is InChI=1S/C15H24N2O2/c1-3-14(13-5-10-19-15(13)4-1)16-6-2-7-17-8-11-18-12-9-17/h5,10,14,16H,1-4,6-9,11-12H2. The number of nitrogens with zero attached hydrogens (tertiary/aromatic N) is 1. The van der Waals surface area contributed by atoms with E-state index in [-0.39, 0.29) is 0 Å². The zero-order chi connectivity index (χ0) is 12.9. The highest BCUT2D eigenvalue weighted by atomic mass is 16.5. The first-order valence-corrected chi connectivity index (χ1v) is 7.53. The SMILES string of the molecule is c1cc2c(o1)CCCC2NCCCN1CCOCC1. The van der Waals surface area contributed by atoms with Gasteiger partial charge in [0.2, 0.25) is 0 Å². The van der Waals surface area contributed by atoms with Gasteiger partial charge in [0, 0.05) is 31.1 Å². The summed E-state index contributed by atoms with van der Waals surface area (Å²) in [6.07, 6.45) is 6.63. The van der Waals surface area contributed by atoms with Gasteiger partial charge in [-0.1, -0.05) is 0 Å². The van der Waals surface area contributed by atoms with Crippen LogP contribution in [-0.4, -0.2) is 44.3 Å². The summed E-state index contributed by atoms with van der Waals surface area (Å²) >= 11 is 0. The molecule has 4 nitrogen and oxygen atoms in total. The fourth-order valence-electron chi connectivity index (χ4n) is 3.10. The van der Waals surface area contributed by atoms with Gasteiger partial charge in [0.1, 0.15) is 5.76 Å². The van der Waals surface area contributed by atoms with Gasteiger partial charge >= 0.3 is 0 Å². The number of hydrogen-bond donors (Lipinski definition) is 1. The van der Waals surface area contributed by atoms with Crippen LogP contribution in [0.15, 0.2) is 16.7 Å². The first kappa shape index (κ1) is 13.2. The summed E-state index contributed by atoms with van der Waals surface area (Å²) in [4.78, 5) is 2.50. The average molecular weight is 264 g/mol. The Morgan fingerprint density at radius 1 is 1.32 bits per heavy atom. The van der Waals surface area contributed by atoms with Crippen molar-refractivity contribution in [1.29, 1.82) is 0 Å². The van der Waals surface area contributed by atoms with Crippen molar-refractivity contribution in [3.05, 3.63) is 23.7 Å². The fourth-order valence-corrected chi connectivity index (χ4v) is 3.10. The molecular formula is C15H24N2O2. The van der Waals surface area contributed by atoms with Gasteiger partial charge in [-0.3, -0.25) is 4.90 Å². The molecule has 2 aliphatic rings. The van der Waals surface area contributed by atoms with Crippen LogP contribution < -0.4 is 5.32 Å². The van der Waals surface area contributed by atoms with E-state index in [9.17, 15) is 0 Å². The minimum atomic E-state index is 0.507. The highest BCUT2D eigenvalue weighted by Gasteiger charge is 2.21. The van der Waals surface area contributed by atoms with Crippen LogP contribution in [0.4, 0.5) is 0 Å². The van der Waals surface area contributed by atoms with Gasteiger partial charge in [0.05, 0.1) is 19.5 Å². The molecule has 19 heavy (non-hydrogen) atoms. The van der Waals surface area contributed by atoms with E-state index >= 15 is 0 Å². The molecule has 1 atom stereocenters. The summed E-state index contributed by atoms with van der Waals surface area (Å²) in [5.41, 5.74) is 1.39. The van der Waals surface area contributed by atoms with Crippen LogP contribution in [0.3, 0.4) is 0 Å². The normalized spacial score (nSPS) is 24.3. The van der Waals surface area contributed by atoms with E-state index in [1.807, 2.05) is 6.26 Å². The first-order chi connectivity index (χ1) is 9.43. The summed E-state index contributed by atoms with van der Waals surface area (Å²) < 4.78 is 10.9. The zero-order valence-corrected chi connectivity index (χ0v) is 11.6. The number of ether oxygens (including phenoxy) is 1. The Labute approximate surface area is 115 Å². The summed E-state index contributed by atoms with van der Waals surface area (Å²) in [5.74, 6) is 1.19. The average Bonchev–Trinajstić information content (AvgIpc) is 2.94. The molecule has 0 spiro atoms. The molecule has 1 unspecified atom stereocenters. The van der Waals surface area contributed by atoms with Crippen molar-refractivity contribution in [2.45, 2.75) is 31.7 Å². The molecule has 0 bridgehead atoms. The summed E-state index contributed by atoms with van der Waals surface area (Å²) in [7, 11) is 0. The molecule has 1 saturated heterocycles. The van der Waals surface area contributed by atoms with Crippen LogP contribution in [0.25, 0.3) is 0 Å². The van der Waals surface area contributed by atoms with Crippen molar-refractivity contribution in [1.82, 2.24) is 10.2 Å². The Morgan fingerprint density at radius 3 is 3.11 bits per heavy atom. The van der Waals surface area contributed by atoms with Crippen LogP contribution in [-0.2, 0) is 11.2 Å². The molecule has 4 heteroatoms. The lowest BCUT2D eigenvalue weighted by atomic mass is 9.93. The molecule has 0 amide bonds. The van der Waals surface area contributed by atoms with Gasteiger partial charge in [-0.15, -0.1) is 0 Å². The maximum absolute atomic E-state index is 5.53. The van der Waals surface area contributed by atoms with Crippen LogP contribution in [0.5, 0.6) is 0 Å². The van der Waals surface area contributed by atoms with Crippen molar-refractivity contribution >= 4 is 0 Å². The van der Waals surface area contributed by atoms with Crippen LogP contribution in [0.2, 0.25) is 0 Å². The third kappa shape index (κ3) is 3.38. The predicted octanol–water partition coefficient (Wildman–Crippen LogP) is 1.97. The molecule has 2 heterocycles. The Hall–Kier alpha value is -0.840.